The summed E-state index contributed by atoms with van der Waals surface area (Å²) < 4.78 is 0. The standard InChI is InChI=1S/C31H49N/c1-4-6-18-28(19-7-5-2)29(23-26-15-10-8-9-11-16-26)21-14-17-27-24-30-20-12-13-22-31(30)32(3)25-27/h8-13,20,22,26-29H,4-7,14-19,21,23-25H2,1-3H3. The van der Waals surface area contributed by atoms with Crippen LogP contribution in [0.25, 0.3) is 0 Å². The van der Waals surface area contributed by atoms with E-state index in [1.807, 2.05) is 0 Å². The van der Waals surface area contributed by atoms with E-state index in [1.165, 1.54) is 95.7 Å². The van der Waals surface area contributed by atoms with E-state index in [-0.39, 0.29) is 0 Å². The van der Waals surface area contributed by atoms with Crippen LogP contribution in [0.15, 0.2) is 48.6 Å². The molecular weight excluding hydrogens is 386 g/mol. The fraction of sp³-hybridized carbons (Fsp3) is 0.677. The highest BCUT2D eigenvalue weighted by Crippen LogP contribution is 2.37. The number of allylic oxidation sites excluding steroid dienone is 4. The Hall–Kier alpha value is -1.50. The molecule has 1 heteroatoms. The van der Waals surface area contributed by atoms with Gasteiger partial charge < -0.3 is 4.90 Å². The number of para-hydroxylation sites is 1. The summed E-state index contributed by atoms with van der Waals surface area (Å²) in [4.78, 5) is 2.50. The van der Waals surface area contributed by atoms with Gasteiger partial charge in [-0.3, -0.25) is 0 Å². The second-order valence-electron chi connectivity index (χ2n) is 10.7. The van der Waals surface area contributed by atoms with Crippen molar-refractivity contribution in [3.63, 3.8) is 0 Å². The fourth-order valence-corrected chi connectivity index (χ4v) is 6.29. The Morgan fingerprint density at radius 2 is 1.50 bits per heavy atom. The van der Waals surface area contributed by atoms with Crippen LogP contribution < -0.4 is 4.90 Å². The molecule has 0 bridgehead atoms. The molecule has 0 fully saturated rings. The lowest BCUT2D eigenvalue weighted by Gasteiger charge is -2.34. The van der Waals surface area contributed by atoms with E-state index in [4.69, 9.17) is 0 Å². The zero-order chi connectivity index (χ0) is 22.6. The van der Waals surface area contributed by atoms with Crippen molar-refractivity contribution >= 4 is 5.69 Å². The average molecular weight is 436 g/mol. The van der Waals surface area contributed by atoms with E-state index in [0.29, 0.717) is 0 Å². The molecule has 2 unspecified atom stereocenters. The summed E-state index contributed by atoms with van der Waals surface area (Å²) in [5, 5.41) is 0. The van der Waals surface area contributed by atoms with Gasteiger partial charge in [0.25, 0.3) is 0 Å². The number of hydrogen-bond acceptors (Lipinski definition) is 1. The van der Waals surface area contributed by atoms with Crippen LogP contribution in [0.2, 0.25) is 0 Å². The molecule has 0 aromatic heterocycles. The van der Waals surface area contributed by atoms with Crippen molar-refractivity contribution in [2.75, 3.05) is 18.5 Å². The Kier molecular flexibility index (Phi) is 10.9. The second-order valence-corrected chi connectivity index (χ2v) is 10.7. The largest absolute Gasteiger partial charge is 0.374 e. The van der Waals surface area contributed by atoms with Crippen molar-refractivity contribution in [1.29, 1.82) is 0 Å². The maximum atomic E-state index is 2.50. The SMILES string of the molecule is CCCCC(CCCC)C(CCCC1Cc2ccccc2N(C)C1)CC1CC=CC=CC1. The lowest BCUT2D eigenvalue weighted by Crippen LogP contribution is -2.32. The third kappa shape index (κ3) is 7.82. The number of benzene rings is 1. The predicted octanol–water partition coefficient (Wildman–Crippen LogP) is 8.99. The summed E-state index contributed by atoms with van der Waals surface area (Å²) in [6, 6.07) is 9.04. The van der Waals surface area contributed by atoms with E-state index in [2.05, 4.69) is 74.4 Å². The number of rotatable bonds is 13. The minimum atomic E-state index is 0.823. The summed E-state index contributed by atoms with van der Waals surface area (Å²) in [6.07, 6.45) is 27.3. The van der Waals surface area contributed by atoms with Crippen LogP contribution in [-0.4, -0.2) is 13.6 Å². The molecule has 0 amide bonds. The number of fused-ring (bicyclic) bond motifs is 1. The monoisotopic (exact) mass is 435 g/mol. The Morgan fingerprint density at radius 3 is 2.19 bits per heavy atom. The highest BCUT2D eigenvalue weighted by atomic mass is 15.1. The summed E-state index contributed by atoms with van der Waals surface area (Å²) >= 11 is 0. The average Bonchev–Trinajstić information content (AvgIpc) is 3.07. The lowest BCUT2D eigenvalue weighted by molar-refractivity contribution is 0.212. The number of nitrogens with zero attached hydrogens (tertiary/aromatic N) is 1. The van der Waals surface area contributed by atoms with Gasteiger partial charge >= 0.3 is 0 Å². The molecule has 0 N–H and O–H groups in total. The molecule has 2 aliphatic rings. The van der Waals surface area contributed by atoms with Gasteiger partial charge in [0.05, 0.1) is 0 Å². The Labute approximate surface area is 199 Å². The molecule has 1 aliphatic carbocycles. The summed E-state index contributed by atoms with van der Waals surface area (Å²) in [7, 11) is 2.28. The van der Waals surface area contributed by atoms with Crippen LogP contribution in [0.5, 0.6) is 0 Å². The van der Waals surface area contributed by atoms with Crippen LogP contribution in [0.1, 0.15) is 96.5 Å². The van der Waals surface area contributed by atoms with Gasteiger partial charge in [-0.05, 0) is 67.4 Å². The van der Waals surface area contributed by atoms with Crippen molar-refractivity contribution in [2.45, 2.75) is 97.3 Å². The zero-order valence-corrected chi connectivity index (χ0v) is 21.3. The fourth-order valence-electron chi connectivity index (χ4n) is 6.29. The molecule has 3 rings (SSSR count). The summed E-state index contributed by atoms with van der Waals surface area (Å²) in [5.74, 6) is 3.55. The van der Waals surface area contributed by atoms with Gasteiger partial charge in [0.15, 0.2) is 0 Å². The Morgan fingerprint density at radius 1 is 0.844 bits per heavy atom. The molecule has 1 heterocycles. The third-order valence-electron chi connectivity index (χ3n) is 8.11. The predicted molar refractivity (Wildman–Crippen MR) is 142 cm³/mol. The molecule has 32 heavy (non-hydrogen) atoms. The minimum absolute atomic E-state index is 0.823. The van der Waals surface area contributed by atoms with Crippen molar-refractivity contribution < 1.29 is 0 Å². The topological polar surface area (TPSA) is 3.24 Å². The molecule has 0 spiro atoms. The maximum absolute atomic E-state index is 2.50. The molecular formula is C31H49N. The van der Waals surface area contributed by atoms with Gasteiger partial charge in [0.1, 0.15) is 0 Å². The van der Waals surface area contributed by atoms with Gasteiger partial charge in [-0.25, -0.2) is 0 Å². The van der Waals surface area contributed by atoms with E-state index in [9.17, 15) is 0 Å². The smallest absolute Gasteiger partial charge is 0.0396 e. The minimum Gasteiger partial charge on any atom is -0.374 e. The van der Waals surface area contributed by atoms with Gasteiger partial charge in [0, 0.05) is 19.3 Å². The molecule has 0 radical (unpaired) electrons. The van der Waals surface area contributed by atoms with Crippen LogP contribution in [0.3, 0.4) is 0 Å². The normalized spacial score (nSPS) is 19.9. The first-order valence-electron chi connectivity index (χ1n) is 13.8. The van der Waals surface area contributed by atoms with Crippen molar-refractivity contribution in [3.05, 3.63) is 54.1 Å². The van der Waals surface area contributed by atoms with Gasteiger partial charge in [0.2, 0.25) is 0 Å². The Bertz CT molecular complexity index is 680. The highest BCUT2D eigenvalue weighted by molar-refractivity contribution is 5.55. The first-order valence-corrected chi connectivity index (χ1v) is 13.8. The summed E-state index contributed by atoms with van der Waals surface area (Å²) in [6.45, 7) is 5.96. The number of unbranched alkanes of at least 4 members (excludes halogenated alkanes) is 2. The lowest BCUT2D eigenvalue weighted by atomic mass is 9.75. The van der Waals surface area contributed by atoms with E-state index >= 15 is 0 Å². The van der Waals surface area contributed by atoms with E-state index in [0.717, 1.165) is 23.7 Å². The molecule has 1 aliphatic heterocycles. The molecule has 178 valence electrons. The molecule has 0 saturated heterocycles. The van der Waals surface area contributed by atoms with E-state index in [1.54, 1.807) is 5.56 Å². The molecule has 0 saturated carbocycles. The first kappa shape index (κ1) is 25.1. The van der Waals surface area contributed by atoms with E-state index < -0.39 is 0 Å². The van der Waals surface area contributed by atoms with Crippen LogP contribution >= 0.6 is 0 Å². The Balaban J connectivity index is 1.59. The summed E-state index contributed by atoms with van der Waals surface area (Å²) in [5.41, 5.74) is 3.01. The first-order chi connectivity index (χ1) is 15.7. The van der Waals surface area contributed by atoms with Gasteiger partial charge in [-0.15, -0.1) is 0 Å². The number of hydrogen-bond donors (Lipinski definition) is 0. The quantitative estimate of drug-likeness (QED) is 0.299. The van der Waals surface area contributed by atoms with Gasteiger partial charge in [-0.1, -0.05) is 108 Å². The molecule has 1 aromatic rings. The highest BCUT2D eigenvalue weighted by Gasteiger charge is 2.26. The van der Waals surface area contributed by atoms with Crippen molar-refractivity contribution in [2.24, 2.45) is 23.7 Å². The van der Waals surface area contributed by atoms with Crippen LogP contribution in [0.4, 0.5) is 5.69 Å². The van der Waals surface area contributed by atoms with Crippen molar-refractivity contribution in [1.82, 2.24) is 0 Å². The van der Waals surface area contributed by atoms with Crippen molar-refractivity contribution in [3.8, 4) is 0 Å². The second kappa shape index (κ2) is 13.9. The zero-order valence-electron chi connectivity index (χ0n) is 21.3. The van der Waals surface area contributed by atoms with Crippen LogP contribution in [-0.2, 0) is 6.42 Å². The van der Waals surface area contributed by atoms with Gasteiger partial charge in [-0.2, -0.15) is 0 Å². The van der Waals surface area contributed by atoms with Crippen LogP contribution in [0, 0.1) is 23.7 Å². The number of anilines is 1. The molecule has 1 aromatic carbocycles. The molecule has 1 nitrogen and oxygen atoms in total. The molecule has 2 atom stereocenters. The maximum Gasteiger partial charge on any atom is 0.0396 e. The third-order valence-corrected chi connectivity index (χ3v) is 8.11.